The Balaban J connectivity index is 1.89. The molecule has 3 rings (SSSR count). The number of methoxy groups -OCH3 is 1. The van der Waals surface area contributed by atoms with Crippen molar-refractivity contribution in [3.8, 4) is 11.4 Å². The third-order valence-electron chi connectivity index (χ3n) is 4.55. The van der Waals surface area contributed by atoms with Gasteiger partial charge in [0.2, 0.25) is 0 Å². The van der Waals surface area contributed by atoms with Gasteiger partial charge in [-0.15, -0.1) is 0 Å². The van der Waals surface area contributed by atoms with E-state index in [0.29, 0.717) is 6.61 Å². The molecule has 2 aromatic rings. The molecule has 1 fully saturated rings. The number of nitrogens with zero attached hydrogens (tertiary/aromatic N) is 2. The average molecular weight is 414 g/mol. The molecule has 0 radical (unpaired) electrons. The molecule has 0 bridgehead atoms. The lowest BCUT2D eigenvalue weighted by Crippen LogP contribution is -2.34. The fraction of sp³-hybridized carbons (Fsp3) is 0.286. The predicted octanol–water partition coefficient (Wildman–Crippen LogP) is 3.70. The highest BCUT2D eigenvalue weighted by atomic mass is 32.2. The molecule has 152 valence electrons. The number of hydrogen-bond donors (Lipinski definition) is 0. The monoisotopic (exact) mass is 414 g/mol. The summed E-state index contributed by atoms with van der Waals surface area (Å²) in [7, 11) is 1.22. The van der Waals surface area contributed by atoms with Crippen molar-refractivity contribution in [3.05, 3.63) is 52.2 Å². The van der Waals surface area contributed by atoms with Gasteiger partial charge in [0.25, 0.3) is 11.1 Å². The minimum absolute atomic E-state index is 0.283. The lowest BCUT2D eigenvalue weighted by Gasteiger charge is -2.11. The van der Waals surface area contributed by atoms with Crippen LogP contribution in [0.3, 0.4) is 0 Å². The number of aryl methyl sites for hydroxylation is 1. The van der Waals surface area contributed by atoms with E-state index >= 15 is 0 Å². The highest BCUT2D eigenvalue weighted by molar-refractivity contribution is 8.18. The first-order valence-electron chi connectivity index (χ1n) is 9.10. The van der Waals surface area contributed by atoms with Crippen LogP contribution in [-0.2, 0) is 14.3 Å². The number of hydrogen-bond acceptors (Lipinski definition) is 6. The zero-order chi connectivity index (χ0) is 21.1. The van der Waals surface area contributed by atoms with E-state index in [4.69, 9.17) is 4.74 Å². The van der Waals surface area contributed by atoms with E-state index in [1.165, 1.54) is 7.11 Å². The summed E-state index contributed by atoms with van der Waals surface area (Å²) in [5.74, 6) is -0.322. The van der Waals surface area contributed by atoms with Crippen LogP contribution in [0.25, 0.3) is 11.8 Å². The van der Waals surface area contributed by atoms with E-state index in [0.717, 1.165) is 45.1 Å². The Kier molecular flexibility index (Phi) is 6.12. The minimum atomic E-state index is -0.637. The highest BCUT2D eigenvalue weighted by Gasteiger charge is 2.36. The summed E-state index contributed by atoms with van der Waals surface area (Å²) in [6, 6.07) is 9.73. The normalized spacial score (nSPS) is 15.3. The van der Waals surface area contributed by atoms with Crippen LogP contribution in [0.2, 0.25) is 0 Å². The Labute approximate surface area is 173 Å². The van der Waals surface area contributed by atoms with Crippen LogP contribution in [0.1, 0.15) is 23.9 Å². The van der Waals surface area contributed by atoms with Crippen molar-refractivity contribution < 1.29 is 23.9 Å². The van der Waals surface area contributed by atoms with Gasteiger partial charge in [0.05, 0.1) is 18.6 Å². The van der Waals surface area contributed by atoms with Gasteiger partial charge in [0, 0.05) is 17.1 Å². The lowest BCUT2D eigenvalue weighted by molar-refractivity contribution is -0.143. The van der Waals surface area contributed by atoms with E-state index < -0.39 is 17.1 Å². The molecule has 0 N–H and O–H groups in total. The smallest absolute Gasteiger partial charge is 0.325 e. The van der Waals surface area contributed by atoms with Crippen molar-refractivity contribution in [2.45, 2.75) is 20.8 Å². The van der Waals surface area contributed by atoms with Crippen LogP contribution in [0.4, 0.5) is 4.79 Å². The number of thioether (sulfide) groups is 1. The molecule has 0 atom stereocenters. The Bertz CT molecular complexity index is 991. The van der Waals surface area contributed by atoms with Gasteiger partial charge in [-0.2, -0.15) is 0 Å². The quantitative estimate of drug-likeness (QED) is 0.530. The number of esters is 1. The highest BCUT2D eigenvalue weighted by Crippen LogP contribution is 2.33. The molecule has 7 nitrogen and oxygen atoms in total. The summed E-state index contributed by atoms with van der Waals surface area (Å²) in [6.07, 6.45) is 1.69. The van der Waals surface area contributed by atoms with Crippen molar-refractivity contribution in [1.82, 2.24) is 9.47 Å². The van der Waals surface area contributed by atoms with Gasteiger partial charge in [-0.1, -0.05) is 0 Å². The number of ether oxygens (including phenoxy) is 2. The molecule has 2 amide bonds. The molecule has 8 heteroatoms. The van der Waals surface area contributed by atoms with Crippen LogP contribution < -0.4 is 4.74 Å². The Hall–Kier alpha value is -3.00. The van der Waals surface area contributed by atoms with Gasteiger partial charge in [-0.05, 0) is 74.5 Å². The van der Waals surface area contributed by atoms with Crippen molar-refractivity contribution in [2.75, 3.05) is 20.3 Å². The summed E-state index contributed by atoms with van der Waals surface area (Å²) < 4.78 is 12.1. The van der Waals surface area contributed by atoms with E-state index in [2.05, 4.69) is 9.30 Å². The van der Waals surface area contributed by atoms with Crippen LogP contribution in [0, 0.1) is 13.8 Å². The first kappa shape index (κ1) is 20.7. The molecule has 2 heterocycles. The van der Waals surface area contributed by atoms with E-state index in [-0.39, 0.29) is 11.4 Å². The molecular formula is C21H22N2O5S. The fourth-order valence-electron chi connectivity index (χ4n) is 3.16. The van der Waals surface area contributed by atoms with Crippen molar-refractivity contribution in [2.24, 2.45) is 0 Å². The number of rotatable bonds is 6. The molecule has 0 spiro atoms. The van der Waals surface area contributed by atoms with Crippen LogP contribution >= 0.6 is 11.8 Å². The largest absolute Gasteiger partial charge is 0.494 e. The molecule has 29 heavy (non-hydrogen) atoms. The number of benzene rings is 1. The summed E-state index contributed by atoms with van der Waals surface area (Å²) in [5.41, 5.74) is 3.74. The number of amides is 2. The SMILES string of the molecule is CCOc1ccc(-n2c(C)cc(/C=C3\SC(=O)N(CC(=O)OC)C3=O)c2C)cc1. The second-order valence-electron chi connectivity index (χ2n) is 6.43. The van der Waals surface area contributed by atoms with Gasteiger partial charge in [-0.3, -0.25) is 19.3 Å². The number of carbonyl (C=O) groups is 3. The maximum Gasteiger partial charge on any atom is 0.325 e. The maximum absolute atomic E-state index is 12.5. The third kappa shape index (κ3) is 4.22. The number of aromatic nitrogens is 1. The van der Waals surface area contributed by atoms with Gasteiger partial charge in [-0.25, -0.2) is 0 Å². The Morgan fingerprint density at radius 2 is 1.86 bits per heavy atom. The van der Waals surface area contributed by atoms with E-state index in [9.17, 15) is 14.4 Å². The molecule has 1 aliphatic rings. The minimum Gasteiger partial charge on any atom is -0.494 e. The summed E-state index contributed by atoms with van der Waals surface area (Å²) in [6.45, 7) is 6.09. The Morgan fingerprint density at radius 3 is 2.48 bits per heavy atom. The molecule has 1 aromatic carbocycles. The summed E-state index contributed by atoms with van der Waals surface area (Å²) >= 11 is 0.821. The van der Waals surface area contributed by atoms with Gasteiger partial charge < -0.3 is 14.0 Å². The molecule has 1 saturated heterocycles. The molecular weight excluding hydrogens is 392 g/mol. The zero-order valence-corrected chi connectivity index (χ0v) is 17.5. The number of carbonyl (C=O) groups excluding carboxylic acids is 3. The van der Waals surface area contributed by atoms with Gasteiger partial charge in [0.1, 0.15) is 12.3 Å². The third-order valence-corrected chi connectivity index (χ3v) is 5.46. The molecule has 0 aliphatic carbocycles. The molecule has 0 unspecified atom stereocenters. The second kappa shape index (κ2) is 8.57. The molecule has 0 saturated carbocycles. The Morgan fingerprint density at radius 1 is 1.17 bits per heavy atom. The molecule has 1 aromatic heterocycles. The topological polar surface area (TPSA) is 77.8 Å². The predicted molar refractivity (Wildman–Crippen MR) is 111 cm³/mol. The van der Waals surface area contributed by atoms with Gasteiger partial charge >= 0.3 is 5.97 Å². The lowest BCUT2D eigenvalue weighted by atomic mass is 10.2. The summed E-state index contributed by atoms with van der Waals surface area (Å²) in [5, 5.41) is -0.480. The second-order valence-corrected chi connectivity index (χ2v) is 7.43. The van der Waals surface area contributed by atoms with Crippen LogP contribution in [0.15, 0.2) is 35.2 Å². The van der Waals surface area contributed by atoms with Crippen molar-refractivity contribution >= 4 is 35.0 Å². The maximum atomic E-state index is 12.5. The standard InChI is InChI=1S/C21H22N2O5S/c1-5-28-17-8-6-16(7-9-17)23-13(2)10-15(14(23)3)11-18-20(25)22(21(26)29-18)12-19(24)27-4/h6-11H,5,12H2,1-4H3/b18-11-. The van der Waals surface area contributed by atoms with E-state index in [1.54, 1.807) is 6.08 Å². The van der Waals surface area contributed by atoms with E-state index in [1.807, 2.05) is 51.1 Å². The first-order valence-corrected chi connectivity index (χ1v) is 9.91. The summed E-state index contributed by atoms with van der Waals surface area (Å²) in [4.78, 5) is 37.3. The number of imide groups is 1. The first-order chi connectivity index (χ1) is 13.8. The van der Waals surface area contributed by atoms with Crippen LogP contribution in [0.5, 0.6) is 5.75 Å². The average Bonchev–Trinajstić information content (AvgIpc) is 3.12. The zero-order valence-electron chi connectivity index (χ0n) is 16.7. The van der Waals surface area contributed by atoms with Crippen LogP contribution in [-0.4, -0.2) is 46.8 Å². The molecule has 1 aliphatic heterocycles. The van der Waals surface area contributed by atoms with Crippen molar-refractivity contribution in [3.63, 3.8) is 0 Å². The van der Waals surface area contributed by atoms with Gasteiger partial charge in [0.15, 0.2) is 0 Å². The van der Waals surface area contributed by atoms with Crippen molar-refractivity contribution in [1.29, 1.82) is 0 Å². The fourth-order valence-corrected chi connectivity index (χ4v) is 3.99.